The van der Waals surface area contributed by atoms with Gasteiger partial charge in [0.05, 0.1) is 0 Å². The van der Waals surface area contributed by atoms with E-state index >= 15 is 0 Å². The summed E-state index contributed by atoms with van der Waals surface area (Å²) in [6, 6.07) is 1.49. The van der Waals surface area contributed by atoms with Crippen LogP contribution in [0.2, 0.25) is 0 Å². The Bertz CT molecular complexity index is 690. The predicted molar refractivity (Wildman–Crippen MR) is 97.4 cm³/mol. The molecule has 3 amide bonds. The number of fused-ring (bicyclic) bond motifs is 1. The van der Waals surface area contributed by atoms with Gasteiger partial charge < -0.3 is 20.7 Å². The smallest absolute Gasteiger partial charge is 0.249 e. The van der Waals surface area contributed by atoms with Gasteiger partial charge in [0.15, 0.2) is 0 Å². The van der Waals surface area contributed by atoms with E-state index in [1.54, 1.807) is 11.3 Å². The van der Waals surface area contributed by atoms with E-state index in [1.807, 2.05) is 11.8 Å². The molecule has 142 valence electrons. The van der Waals surface area contributed by atoms with Crippen LogP contribution in [0.15, 0.2) is 11.4 Å². The third kappa shape index (κ3) is 4.07. The Kier molecular flexibility index (Phi) is 5.93. The van der Waals surface area contributed by atoms with Gasteiger partial charge >= 0.3 is 0 Å². The minimum atomic E-state index is -0.718. The molecule has 0 aliphatic carbocycles. The average Bonchev–Trinajstić information content (AvgIpc) is 3.29. The summed E-state index contributed by atoms with van der Waals surface area (Å²) >= 11 is 1.73. The van der Waals surface area contributed by atoms with E-state index in [4.69, 9.17) is 10.5 Å². The minimum Gasteiger partial charge on any atom is -0.367 e. The normalized spacial score (nSPS) is 23.3. The summed E-state index contributed by atoms with van der Waals surface area (Å²) in [5.74, 6) is -0.948. The summed E-state index contributed by atoms with van der Waals surface area (Å²) in [6.45, 7) is 3.25. The van der Waals surface area contributed by atoms with E-state index in [2.05, 4.69) is 16.8 Å². The van der Waals surface area contributed by atoms with Crippen molar-refractivity contribution in [2.24, 2.45) is 5.73 Å². The van der Waals surface area contributed by atoms with Gasteiger partial charge in [-0.25, -0.2) is 0 Å². The molecular weight excluding hydrogens is 354 g/mol. The fourth-order valence-corrected chi connectivity index (χ4v) is 4.40. The van der Waals surface area contributed by atoms with E-state index in [1.165, 1.54) is 10.4 Å². The molecular formula is C18H25N3O4S. The standard InChI is InChI=1S/C18H25N3O4S/c1-2-3-12(20-17(23)14-5-4-13(25-14)16(19)22)18(24)21-8-6-15-11(10-21)7-9-26-15/h7,9,12-14H,2-6,8,10H2,1H3,(H2,19,22)(H,20,23). The third-order valence-electron chi connectivity index (χ3n) is 4.94. The summed E-state index contributed by atoms with van der Waals surface area (Å²) < 4.78 is 5.41. The molecule has 2 aliphatic rings. The van der Waals surface area contributed by atoms with E-state index in [0.717, 1.165) is 12.8 Å². The van der Waals surface area contributed by atoms with Gasteiger partial charge in [0, 0.05) is 18.0 Å². The first-order valence-corrected chi connectivity index (χ1v) is 9.96. The van der Waals surface area contributed by atoms with Crippen LogP contribution in [0.25, 0.3) is 0 Å². The summed E-state index contributed by atoms with van der Waals surface area (Å²) in [4.78, 5) is 39.8. The van der Waals surface area contributed by atoms with E-state index in [9.17, 15) is 14.4 Å². The van der Waals surface area contributed by atoms with Crippen molar-refractivity contribution in [1.82, 2.24) is 10.2 Å². The maximum absolute atomic E-state index is 12.9. The highest BCUT2D eigenvalue weighted by molar-refractivity contribution is 7.10. The lowest BCUT2D eigenvalue weighted by atomic mass is 10.1. The van der Waals surface area contributed by atoms with Crippen LogP contribution < -0.4 is 11.1 Å². The van der Waals surface area contributed by atoms with Crippen molar-refractivity contribution in [1.29, 1.82) is 0 Å². The lowest BCUT2D eigenvalue weighted by Gasteiger charge is -2.31. The number of nitrogens with two attached hydrogens (primary N) is 1. The van der Waals surface area contributed by atoms with Gasteiger partial charge in [0.25, 0.3) is 0 Å². The van der Waals surface area contributed by atoms with Crippen LogP contribution in [0, 0.1) is 0 Å². The highest BCUT2D eigenvalue weighted by Crippen LogP contribution is 2.25. The minimum absolute atomic E-state index is 0.0542. The second-order valence-electron chi connectivity index (χ2n) is 6.82. The molecule has 8 heteroatoms. The zero-order chi connectivity index (χ0) is 18.7. The second kappa shape index (κ2) is 8.18. The van der Waals surface area contributed by atoms with Crippen LogP contribution in [-0.4, -0.2) is 47.4 Å². The molecule has 0 radical (unpaired) electrons. The molecule has 1 aromatic heterocycles. The zero-order valence-electron chi connectivity index (χ0n) is 14.9. The molecule has 0 bridgehead atoms. The Morgan fingerprint density at radius 3 is 2.85 bits per heavy atom. The molecule has 7 nitrogen and oxygen atoms in total. The zero-order valence-corrected chi connectivity index (χ0v) is 15.7. The first-order chi connectivity index (χ1) is 12.5. The molecule has 0 spiro atoms. The molecule has 0 saturated carbocycles. The third-order valence-corrected chi connectivity index (χ3v) is 5.96. The molecule has 0 aromatic carbocycles. The van der Waals surface area contributed by atoms with E-state index < -0.39 is 24.2 Å². The number of hydrogen-bond donors (Lipinski definition) is 2. The summed E-state index contributed by atoms with van der Waals surface area (Å²) in [7, 11) is 0. The number of nitrogens with one attached hydrogen (secondary N) is 1. The van der Waals surface area contributed by atoms with Gasteiger partial charge in [-0.2, -0.15) is 0 Å². The molecule has 3 heterocycles. The van der Waals surface area contributed by atoms with Gasteiger partial charge in [-0.1, -0.05) is 13.3 Å². The highest BCUT2D eigenvalue weighted by atomic mass is 32.1. The van der Waals surface area contributed by atoms with E-state index in [0.29, 0.717) is 32.4 Å². The number of amides is 3. The Balaban J connectivity index is 1.61. The summed E-state index contributed by atoms with van der Waals surface area (Å²) in [5, 5.41) is 4.88. The number of ether oxygens (including phenoxy) is 1. The number of carbonyl (C=O) groups excluding carboxylic acids is 3. The molecule has 3 N–H and O–H groups in total. The fraction of sp³-hybridized carbons (Fsp3) is 0.611. The van der Waals surface area contributed by atoms with Crippen molar-refractivity contribution in [3.8, 4) is 0 Å². The van der Waals surface area contributed by atoms with Crippen molar-refractivity contribution in [2.75, 3.05) is 6.54 Å². The van der Waals surface area contributed by atoms with Crippen LogP contribution >= 0.6 is 11.3 Å². The van der Waals surface area contributed by atoms with Crippen molar-refractivity contribution >= 4 is 29.1 Å². The SMILES string of the molecule is CCCC(NC(=O)C1CCC(C(N)=O)O1)C(=O)N1CCc2sccc2C1. The Morgan fingerprint density at radius 2 is 2.15 bits per heavy atom. The molecule has 3 unspecified atom stereocenters. The number of rotatable bonds is 6. The Labute approximate surface area is 156 Å². The number of carbonyl (C=O) groups is 3. The first kappa shape index (κ1) is 18.8. The topological polar surface area (TPSA) is 102 Å². The van der Waals surface area contributed by atoms with Crippen LogP contribution in [0.4, 0.5) is 0 Å². The lowest BCUT2D eigenvalue weighted by Crippen LogP contribution is -2.51. The maximum atomic E-state index is 12.9. The highest BCUT2D eigenvalue weighted by Gasteiger charge is 2.36. The molecule has 1 saturated heterocycles. The van der Waals surface area contributed by atoms with Gasteiger partial charge in [-0.15, -0.1) is 11.3 Å². The molecule has 3 atom stereocenters. The lowest BCUT2D eigenvalue weighted by molar-refractivity contribution is -0.142. The molecule has 26 heavy (non-hydrogen) atoms. The first-order valence-electron chi connectivity index (χ1n) is 9.08. The van der Waals surface area contributed by atoms with Crippen LogP contribution in [0.3, 0.4) is 0 Å². The van der Waals surface area contributed by atoms with Crippen LogP contribution in [-0.2, 0) is 32.1 Å². The average molecular weight is 379 g/mol. The Hall–Kier alpha value is -1.93. The van der Waals surface area contributed by atoms with Gasteiger partial charge in [0.2, 0.25) is 17.7 Å². The molecule has 3 rings (SSSR count). The van der Waals surface area contributed by atoms with Crippen molar-refractivity contribution in [3.63, 3.8) is 0 Å². The van der Waals surface area contributed by atoms with Crippen molar-refractivity contribution < 1.29 is 19.1 Å². The largest absolute Gasteiger partial charge is 0.367 e. The number of primary amides is 1. The van der Waals surface area contributed by atoms with Crippen LogP contribution in [0.5, 0.6) is 0 Å². The van der Waals surface area contributed by atoms with Crippen molar-refractivity contribution in [2.45, 2.75) is 63.8 Å². The maximum Gasteiger partial charge on any atom is 0.249 e. The molecule has 1 aromatic rings. The van der Waals surface area contributed by atoms with Gasteiger partial charge in [0.1, 0.15) is 18.2 Å². The number of hydrogen-bond acceptors (Lipinski definition) is 5. The van der Waals surface area contributed by atoms with Gasteiger partial charge in [-0.05, 0) is 42.7 Å². The van der Waals surface area contributed by atoms with Crippen LogP contribution in [0.1, 0.15) is 43.0 Å². The summed E-state index contributed by atoms with van der Waals surface area (Å²) in [5.41, 5.74) is 6.42. The quantitative estimate of drug-likeness (QED) is 0.768. The predicted octanol–water partition coefficient (Wildman–Crippen LogP) is 0.951. The fourth-order valence-electron chi connectivity index (χ4n) is 3.51. The summed E-state index contributed by atoms with van der Waals surface area (Å²) in [6.07, 6.45) is 1.65. The second-order valence-corrected chi connectivity index (χ2v) is 7.82. The monoisotopic (exact) mass is 379 g/mol. The number of nitrogens with zero attached hydrogens (tertiary/aromatic N) is 1. The number of thiophene rings is 1. The molecule has 1 fully saturated rings. The van der Waals surface area contributed by atoms with Crippen molar-refractivity contribution in [3.05, 3.63) is 21.9 Å². The van der Waals surface area contributed by atoms with E-state index in [-0.39, 0.29) is 11.8 Å². The Morgan fingerprint density at radius 1 is 1.38 bits per heavy atom. The van der Waals surface area contributed by atoms with Gasteiger partial charge in [-0.3, -0.25) is 14.4 Å². The molecule has 2 aliphatic heterocycles.